The van der Waals surface area contributed by atoms with Gasteiger partial charge in [0.15, 0.2) is 0 Å². The van der Waals surface area contributed by atoms with E-state index >= 15 is 0 Å². The van der Waals surface area contributed by atoms with Crippen molar-refractivity contribution in [2.75, 3.05) is 12.9 Å². The van der Waals surface area contributed by atoms with Crippen molar-refractivity contribution >= 4 is 11.8 Å². The summed E-state index contributed by atoms with van der Waals surface area (Å²) < 4.78 is 5.56. The van der Waals surface area contributed by atoms with E-state index in [1.54, 1.807) is 17.8 Å². The first-order chi connectivity index (χ1) is 7.49. The maximum atomic E-state index is 5.56. The molecule has 0 aliphatic carbocycles. The van der Waals surface area contributed by atoms with Crippen LogP contribution in [0, 0.1) is 0 Å². The van der Waals surface area contributed by atoms with Crippen molar-refractivity contribution < 1.29 is 4.74 Å². The third-order valence-electron chi connectivity index (χ3n) is 2.35. The van der Waals surface area contributed by atoms with Crippen LogP contribution < -0.4 is 4.74 Å². The number of hydrogen-bond acceptors (Lipinski definition) is 2. The van der Waals surface area contributed by atoms with Gasteiger partial charge in [-0.2, -0.15) is 0 Å². The van der Waals surface area contributed by atoms with E-state index in [1.807, 2.05) is 6.07 Å². The minimum atomic E-state index is 0.145. The summed E-state index contributed by atoms with van der Waals surface area (Å²) in [6.07, 6.45) is 3.87. The standard InChI is InChI=1S/C14H20OS/c1-6-9-15-11-7-8-13(16-5)12(10-11)14(2,3)4/h6-8,10H,1,9H2,2-5H3. The van der Waals surface area contributed by atoms with Gasteiger partial charge in [0.1, 0.15) is 12.4 Å². The Hall–Kier alpha value is -0.890. The summed E-state index contributed by atoms with van der Waals surface area (Å²) in [4.78, 5) is 1.32. The predicted octanol–water partition coefficient (Wildman–Crippen LogP) is 4.27. The zero-order chi connectivity index (χ0) is 12.2. The molecule has 0 unspecified atom stereocenters. The second-order valence-electron chi connectivity index (χ2n) is 4.71. The van der Waals surface area contributed by atoms with Crippen molar-refractivity contribution in [1.29, 1.82) is 0 Å². The zero-order valence-corrected chi connectivity index (χ0v) is 11.4. The summed E-state index contributed by atoms with van der Waals surface area (Å²) in [6, 6.07) is 6.28. The van der Waals surface area contributed by atoms with Gasteiger partial charge in [-0.05, 0) is 35.4 Å². The van der Waals surface area contributed by atoms with Gasteiger partial charge in [0, 0.05) is 4.90 Å². The lowest BCUT2D eigenvalue weighted by Crippen LogP contribution is -2.12. The second-order valence-corrected chi connectivity index (χ2v) is 5.56. The molecule has 0 saturated heterocycles. The molecule has 0 heterocycles. The Balaban J connectivity index is 3.06. The van der Waals surface area contributed by atoms with Crippen LogP contribution in [0.25, 0.3) is 0 Å². The van der Waals surface area contributed by atoms with Crippen LogP contribution >= 0.6 is 11.8 Å². The van der Waals surface area contributed by atoms with Crippen molar-refractivity contribution in [2.24, 2.45) is 0 Å². The normalized spacial score (nSPS) is 11.2. The summed E-state index contributed by atoms with van der Waals surface area (Å²) in [5.74, 6) is 0.919. The predicted molar refractivity (Wildman–Crippen MR) is 72.6 cm³/mol. The molecular weight excluding hydrogens is 216 g/mol. The first kappa shape index (κ1) is 13.2. The minimum absolute atomic E-state index is 0.145. The van der Waals surface area contributed by atoms with Gasteiger partial charge in [0.05, 0.1) is 0 Å². The maximum Gasteiger partial charge on any atom is 0.120 e. The molecule has 0 radical (unpaired) electrons. The Labute approximate surface area is 103 Å². The van der Waals surface area contributed by atoms with Gasteiger partial charge >= 0.3 is 0 Å². The van der Waals surface area contributed by atoms with E-state index in [1.165, 1.54) is 10.5 Å². The molecule has 0 spiro atoms. The molecule has 0 aliphatic heterocycles. The number of thioether (sulfide) groups is 1. The number of rotatable bonds is 4. The quantitative estimate of drug-likeness (QED) is 0.570. The monoisotopic (exact) mass is 236 g/mol. The molecule has 2 heteroatoms. The fraction of sp³-hybridized carbons (Fsp3) is 0.429. The molecule has 0 aromatic heterocycles. The highest BCUT2D eigenvalue weighted by molar-refractivity contribution is 7.98. The average Bonchev–Trinajstić information content (AvgIpc) is 2.24. The van der Waals surface area contributed by atoms with Crippen molar-refractivity contribution in [3.8, 4) is 5.75 Å². The van der Waals surface area contributed by atoms with E-state index in [9.17, 15) is 0 Å². The Morgan fingerprint density at radius 1 is 1.38 bits per heavy atom. The maximum absolute atomic E-state index is 5.56. The lowest BCUT2D eigenvalue weighted by Gasteiger charge is -2.23. The molecule has 0 bridgehead atoms. The third-order valence-corrected chi connectivity index (χ3v) is 3.14. The van der Waals surface area contributed by atoms with E-state index in [4.69, 9.17) is 4.74 Å². The van der Waals surface area contributed by atoms with Crippen LogP contribution in [0.3, 0.4) is 0 Å². The van der Waals surface area contributed by atoms with E-state index in [0.29, 0.717) is 6.61 Å². The fourth-order valence-electron chi connectivity index (χ4n) is 1.52. The molecule has 1 nitrogen and oxygen atoms in total. The number of benzene rings is 1. The molecular formula is C14H20OS. The fourth-order valence-corrected chi connectivity index (χ4v) is 2.31. The van der Waals surface area contributed by atoms with Gasteiger partial charge in [-0.1, -0.05) is 33.4 Å². The largest absolute Gasteiger partial charge is 0.490 e. The van der Waals surface area contributed by atoms with Crippen molar-refractivity contribution in [3.05, 3.63) is 36.4 Å². The Kier molecular flexibility index (Phi) is 4.48. The van der Waals surface area contributed by atoms with Gasteiger partial charge in [-0.25, -0.2) is 0 Å². The SMILES string of the molecule is C=CCOc1ccc(SC)c(C(C)(C)C)c1. The highest BCUT2D eigenvalue weighted by Gasteiger charge is 2.18. The molecule has 1 rings (SSSR count). The van der Waals surface area contributed by atoms with Crippen molar-refractivity contribution in [2.45, 2.75) is 31.1 Å². The molecule has 0 fully saturated rings. The Morgan fingerprint density at radius 2 is 2.06 bits per heavy atom. The topological polar surface area (TPSA) is 9.23 Å². The van der Waals surface area contributed by atoms with Crippen molar-refractivity contribution in [1.82, 2.24) is 0 Å². The molecule has 1 aromatic carbocycles. The lowest BCUT2D eigenvalue weighted by molar-refractivity contribution is 0.361. The van der Waals surface area contributed by atoms with Crippen LogP contribution in [0.2, 0.25) is 0 Å². The zero-order valence-electron chi connectivity index (χ0n) is 10.5. The summed E-state index contributed by atoms with van der Waals surface area (Å²) in [5, 5.41) is 0. The van der Waals surface area contributed by atoms with E-state index < -0.39 is 0 Å². The molecule has 0 saturated carbocycles. The highest BCUT2D eigenvalue weighted by Crippen LogP contribution is 2.34. The summed E-state index contributed by atoms with van der Waals surface area (Å²) in [7, 11) is 0. The number of ether oxygens (including phenoxy) is 1. The smallest absolute Gasteiger partial charge is 0.120 e. The van der Waals surface area contributed by atoms with Gasteiger partial charge in [0.2, 0.25) is 0 Å². The lowest BCUT2D eigenvalue weighted by atomic mass is 9.87. The second kappa shape index (κ2) is 5.44. The average molecular weight is 236 g/mol. The summed E-state index contributed by atoms with van der Waals surface area (Å²) >= 11 is 1.78. The van der Waals surface area contributed by atoms with E-state index in [2.05, 4.69) is 45.7 Å². The van der Waals surface area contributed by atoms with Crippen LogP contribution in [0.4, 0.5) is 0 Å². The third kappa shape index (κ3) is 3.31. The first-order valence-corrected chi connectivity index (χ1v) is 6.63. The van der Waals surface area contributed by atoms with Gasteiger partial charge in [-0.15, -0.1) is 11.8 Å². The molecule has 88 valence electrons. The summed E-state index contributed by atoms with van der Waals surface area (Å²) in [6.45, 7) is 10.9. The highest BCUT2D eigenvalue weighted by atomic mass is 32.2. The Bertz CT molecular complexity index is 363. The summed E-state index contributed by atoms with van der Waals surface area (Å²) in [5.41, 5.74) is 1.48. The van der Waals surface area contributed by atoms with Gasteiger partial charge in [-0.3, -0.25) is 0 Å². The van der Waals surface area contributed by atoms with Crippen molar-refractivity contribution in [3.63, 3.8) is 0 Å². The van der Waals surface area contributed by atoms with Gasteiger partial charge in [0.25, 0.3) is 0 Å². The van der Waals surface area contributed by atoms with Crippen LogP contribution in [0.5, 0.6) is 5.75 Å². The Morgan fingerprint density at radius 3 is 2.56 bits per heavy atom. The van der Waals surface area contributed by atoms with Crippen LogP contribution in [-0.2, 0) is 5.41 Å². The van der Waals surface area contributed by atoms with E-state index in [0.717, 1.165) is 5.75 Å². The van der Waals surface area contributed by atoms with Crippen LogP contribution in [0.15, 0.2) is 35.7 Å². The molecule has 16 heavy (non-hydrogen) atoms. The van der Waals surface area contributed by atoms with Crippen LogP contribution in [-0.4, -0.2) is 12.9 Å². The molecule has 1 aromatic rings. The molecule has 0 aliphatic rings. The molecule has 0 amide bonds. The number of hydrogen-bond donors (Lipinski definition) is 0. The minimum Gasteiger partial charge on any atom is -0.490 e. The van der Waals surface area contributed by atoms with Gasteiger partial charge < -0.3 is 4.74 Å². The molecule has 0 N–H and O–H groups in total. The molecule has 0 atom stereocenters. The first-order valence-electron chi connectivity index (χ1n) is 5.41. The van der Waals surface area contributed by atoms with Crippen LogP contribution in [0.1, 0.15) is 26.3 Å². The van der Waals surface area contributed by atoms with E-state index in [-0.39, 0.29) is 5.41 Å².